The third-order valence-corrected chi connectivity index (χ3v) is 4.15. The van der Waals surface area contributed by atoms with Crippen molar-refractivity contribution in [3.05, 3.63) is 0 Å². The zero-order valence-electron chi connectivity index (χ0n) is 15.3. The fraction of sp³-hybridized carbons (Fsp3) is 1.00. The summed E-state index contributed by atoms with van der Waals surface area (Å²) < 4.78 is 32.8. The molecule has 0 aromatic heterocycles. The van der Waals surface area contributed by atoms with Crippen molar-refractivity contribution in [3.63, 3.8) is 0 Å². The van der Waals surface area contributed by atoms with Crippen LogP contribution in [0.1, 0.15) is 73.1 Å². The Kier molecular flexibility index (Phi) is 21.1. The maximum Gasteiger partial charge on any atom is 0.474 e. The minimum atomic E-state index is -3.31. The van der Waals surface area contributed by atoms with Crippen molar-refractivity contribution < 1.29 is 22.9 Å². The van der Waals surface area contributed by atoms with E-state index in [4.69, 9.17) is 18.3 Å². The van der Waals surface area contributed by atoms with E-state index < -0.39 is 7.82 Å². The van der Waals surface area contributed by atoms with Crippen LogP contribution in [-0.4, -0.2) is 33.0 Å². The molecule has 5 nitrogen and oxygen atoms in total. The largest absolute Gasteiger partial charge is 0.474 e. The standard InChI is InChI=1S/C12H27O4P.C4H10O/c1-4-7-10-14-17(13,15-11-8-5-2)16-12-9-6-3;1-3-5-4-2/h4-12H2,1-3H3;3-4H2,1-2H3. The first kappa shape index (κ1) is 24.3. The average Bonchev–Trinajstić information content (AvgIpc) is 2.50. The molecule has 6 heteroatoms. The van der Waals surface area contributed by atoms with Gasteiger partial charge in [-0.2, -0.15) is 0 Å². The second-order valence-corrected chi connectivity index (χ2v) is 6.46. The summed E-state index contributed by atoms with van der Waals surface area (Å²) in [5.41, 5.74) is 0. The topological polar surface area (TPSA) is 54.0 Å². The summed E-state index contributed by atoms with van der Waals surface area (Å²) in [6.07, 6.45) is 5.63. The van der Waals surface area contributed by atoms with Crippen molar-refractivity contribution in [2.24, 2.45) is 0 Å². The highest BCUT2D eigenvalue weighted by Crippen LogP contribution is 2.49. The summed E-state index contributed by atoms with van der Waals surface area (Å²) in [6.45, 7) is 13.2. The Labute approximate surface area is 137 Å². The van der Waals surface area contributed by atoms with Crippen molar-refractivity contribution in [1.29, 1.82) is 0 Å². The number of hydrogen-bond donors (Lipinski definition) is 0. The van der Waals surface area contributed by atoms with Crippen LogP contribution < -0.4 is 0 Å². The summed E-state index contributed by atoms with van der Waals surface area (Å²) in [6, 6.07) is 0. The maximum absolute atomic E-state index is 12.2. The first-order valence-electron chi connectivity index (χ1n) is 8.71. The van der Waals surface area contributed by atoms with Crippen LogP contribution in [0.2, 0.25) is 0 Å². The highest BCUT2D eigenvalue weighted by molar-refractivity contribution is 7.48. The molecule has 0 aliphatic carbocycles. The Morgan fingerprint density at radius 1 is 0.636 bits per heavy atom. The molecule has 0 heterocycles. The van der Waals surface area contributed by atoms with E-state index in [0.29, 0.717) is 19.8 Å². The molecule has 0 aromatic carbocycles. The third kappa shape index (κ3) is 18.1. The summed E-state index contributed by atoms with van der Waals surface area (Å²) in [5.74, 6) is 0. The number of hydrogen-bond acceptors (Lipinski definition) is 5. The number of ether oxygens (including phenoxy) is 1. The fourth-order valence-corrected chi connectivity index (χ4v) is 2.56. The smallest absolute Gasteiger partial charge is 0.382 e. The molecule has 0 rings (SSSR count). The zero-order valence-corrected chi connectivity index (χ0v) is 16.2. The molecule has 0 aromatic rings. The van der Waals surface area contributed by atoms with Crippen LogP contribution in [0.5, 0.6) is 0 Å². The Morgan fingerprint density at radius 2 is 0.955 bits per heavy atom. The SMILES string of the molecule is CCCCOP(=O)(OCCCC)OCCCC.CCOCC. The van der Waals surface area contributed by atoms with Crippen LogP contribution in [0.3, 0.4) is 0 Å². The lowest BCUT2D eigenvalue weighted by molar-refractivity contribution is 0.110. The minimum absolute atomic E-state index is 0.437. The predicted molar refractivity (Wildman–Crippen MR) is 92.4 cm³/mol. The molecule has 0 bridgehead atoms. The Balaban J connectivity index is 0. The van der Waals surface area contributed by atoms with Gasteiger partial charge in [0.25, 0.3) is 0 Å². The van der Waals surface area contributed by atoms with Crippen LogP contribution in [0.25, 0.3) is 0 Å². The Hall–Kier alpha value is 0.0700. The molecular weight excluding hydrogens is 303 g/mol. The summed E-state index contributed by atoms with van der Waals surface area (Å²) in [5, 5.41) is 0. The van der Waals surface area contributed by atoms with Gasteiger partial charge in [0.2, 0.25) is 0 Å². The molecule has 22 heavy (non-hydrogen) atoms. The van der Waals surface area contributed by atoms with Crippen LogP contribution in [0.4, 0.5) is 0 Å². The van der Waals surface area contributed by atoms with Gasteiger partial charge >= 0.3 is 7.82 Å². The minimum Gasteiger partial charge on any atom is -0.382 e. The van der Waals surface area contributed by atoms with Crippen molar-refractivity contribution in [2.45, 2.75) is 73.1 Å². The first-order valence-corrected chi connectivity index (χ1v) is 10.2. The zero-order chi connectivity index (χ0) is 17.1. The van der Waals surface area contributed by atoms with E-state index in [1.807, 2.05) is 13.8 Å². The Morgan fingerprint density at radius 3 is 1.14 bits per heavy atom. The number of phosphoric ester groups is 1. The second-order valence-electron chi connectivity index (χ2n) is 4.79. The molecule has 0 radical (unpaired) electrons. The average molecular weight is 340 g/mol. The van der Waals surface area contributed by atoms with Gasteiger partial charge in [-0.15, -0.1) is 0 Å². The second kappa shape index (κ2) is 19.1. The van der Waals surface area contributed by atoms with Crippen molar-refractivity contribution in [1.82, 2.24) is 0 Å². The van der Waals surface area contributed by atoms with Gasteiger partial charge < -0.3 is 4.74 Å². The van der Waals surface area contributed by atoms with E-state index in [-0.39, 0.29) is 0 Å². The van der Waals surface area contributed by atoms with Crippen molar-refractivity contribution in [3.8, 4) is 0 Å². The van der Waals surface area contributed by atoms with Gasteiger partial charge in [-0.1, -0.05) is 40.0 Å². The lowest BCUT2D eigenvalue weighted by Gasteiger charge is -2.17. The highest BCUT2D eigenvalue weighted by atomic mass is 31.2. The lowest BCUT2D eigenvalue weighted by Crippen LogP contribution is -2.03. The molecule has 0 fully saturated rings. The van der Waals surface area contributed by atoms with Crippen LogP contribution in [0, 0.1) is 0 Å². The van der Waals surface area contributed by atoms with Gasteiger partial charge in [-0.05, 0) is 33.1 Å². The fourth-order valence-electron chi connectivity index (χ4n) is 1.28. The van der Waals surface area contributed by atoms with E-state index in [9.17, 15) is 4.57 Å². The molecule has 0 aliphatic heterocycles. The van der Waals surface area contributed by atoms with E-state index in [2.05, 4.69) is 20.8 Å². The van der Waals surface area contributed by atoms with Gasteiger partial charge in [0.05, 0.1) is 19.8 Å². The molecule has 0 amide bonds. The van der Waals surface area contributed by atoms with Gasteiger partial charge in [-0.3, -0.25) is 13.6 Å². The number of rotatable bonds is 14. The predicted octanol–water partition coefficient (Wildman–Crippen LogP) is 5.59. The molecule has 0 saturated heterocycles. The monoisotopic (exact) mass is 340 g/mol. The quantitative estimate of drug-likeness (QED) is 0.305. The van der Waals surface area contributed by atoms with Gasteiger partial charge in [-0.25, -0.2) is 4.57 Å². The number of phosphoric acid groups is 1. The molecule has 136 valence electrons. The maximum atomic E-state index is 12.2. The molecular formula is C16H37O5P. The highest BCUT2D eigenvalue weighted by Gasteiger charge is 2.25. The summed E-state index contributed by atoms with van der Waals surface area (Å²) in [7, 11) is -3.31. The summed E-state index contributed by atoms with van der Waals surface area (Å²) >= 11 is 0. The molecule has 0 N–H and O–H groups in total. The van der Waals surface area contributed by atoms with Crippen molar-refractivity contribution in [2.75, 3.05) is 33.0 Å². The third-order valence-electron chi connectivity index (χ3n) is 2.65. The number of unbranched alkanes of at least 4 members (excludes halogenated alkanes) is 3. The Bertz CT molecular complexity index is 213. The molecule has 0 atom stereocenters. The first-order chi connectivity index (χ1) is 10.6. The lowest BCUT2D eigenvalue weighted by atomic mass is 10.4. The van der Waals surface area contributed by atoms with E-state index in [1.165, 1.54) is 0 Å². The van der Waals surface area contributed by atoms with E-state index >= 15 is 0 Å². The van der Waals surface area contributed by atoms with Gasteiger partial charge in [0.15, 0.2) is 0 Å². The molecule has 0 unspecified atom stereocenters. The van der Waals surface area contributed by atoms with Crippen LogP contribution in [-0.2, 0) is 22.9 Å². The van der Waals surface area contributed by atoms with Crippen molar-refractivity contribution >= 4 is 7.82 Å². The normalized spacial score (nSPS) is 11.1. The van der Waals surface area contributed by atoms with Gasteiger partial charge in [0.1, 0.15) is 0 Å². The van der Waals surface area contributed by atoms with Gasteiger partial charge in [0, 0.05) is 13.2 Å². The van der Waals surface area contributed by atoms with Crippen LogP contribution in [0.15, 0.2) is 0 Å². The molecule has 0 saturated carbocycles. The molecule has 0 spiro atoms. The van der Waals surface area contributed by atoms with E-state index in [0.717, 1.165) is 51.7 Å². The summed E-state index contributed by atoms with van der Waals surface area (Å²) in [4.78, 5) is 0. The molecule has 0 aliphatic rings. The van der Waals surface area contributed by atoms with E-state index in [1.54, 1.807) is 0 Å². The van der Waals surface area contributed by atoms with Crippen LogP contribution >= 0.6 is 7.82 Å².